The summed E-state index contributed by atoms with van der Waals surface area (Å²) in [5.74, 6) is -0.600. The zero-order valence-electron chi connectivity index (χ0n) is 8.96. The summed E-state index contributed by atoms with van der Waals surface area (Å²) in [4.78, 5) is 23.9. The number of hydrogen-bond acceptors (Lipinski definition) is 3. The highest BCUT2D eigenvalue weighted by Crippen LogP contribution is 2.51. The maximum absolute atomic E-state index is 11.5. The second-order valence-electron chi connectivity index (χ2n) is 4.29. The summed E-state index contributed by atoms with van der Waals surface area (Å²) in [6.45, 7) is 4.77. The Balaban J connectivity index is 1.85. The minimum Gasteiger partial charge on any atom is -0.481 e. The van der Waals surface area contributed by atoms with Crippen molar-refractivity contribution in [2.45, 2.75) is 6.42 Å². The van der Waals surface area contributed by atoms with Gasteiger partial charge in [-0.3, -0.25) is 4.79 Å². The van der Waals surface area contributed by atoms with E-state index in [1.165, 1.54) is 6.08 Å². The fourth-order valence-electron chi connectivity index (χ4n) is 2.49. The smallest absolute Gasteiger partial charge is 0.410 e. The molecule has 0 aromatic carbocycles. The Morgan fingerprint density at radius 2 is 2.25 bits per heavy atom. The second kappa shape index (κ2) is 4.15. The zero-order chi connectivity index (χ0) is 11.7. The fraction of sp³-hybridized carbons (Fsp3) is 0.636. The van der Waals surface area contributed by atoms with E-state index in [1.54, 1.807) is 4.90 Å². The SMILES string of the molecule is C=CCOC(=O)N1CC[C@H]2C(C(=O)O)[C@H]2C1. The largest absolute Gasteiger partial charge is 0.481 e. The third kappa shape index (κ3) is 1.89. The van der Waals surface area contributed by atoms with Gasteiger partial charge in [-0.2, -0.15) is 0 Å². The van der Waals surface area contributed by atoms with Gasteiger partial charge in [-0.05, 0) is 18.3 Å². The van der Waals surface area contributed by atoms with Gasteiger partial charge in [0.15, 0.2) is 0 Å². The van der Waals surface area contributed by atoms with Crippen LogP contribution in [0.25, 0.3) is 0 Å². The fourth-order valence-corrected chi connectivity index (χ4v) is 2.49. The summed E-state index contributed by atoms with van der Waals surface area (Å²) < 4.78 is 4.91. The van der Waals surface area contributed by atoms with Crippen LogP contribution in [0.3, 0.4) is 0 Å². The van der Waals surface area contributed by atoms with Crippen LogP contribution in [0.1, 0.15) is 6.42 Å². The van der Waals surface area contributed by atoms with Crippen molar-refractivity contribution in [3.8, 4) is 0 Å². The Hall–Kier alpha value is -1.52. The molecule has 5 heteroatoms. The molecular weight excluding hydrogens is 210 g/mol. The topological polar surface area (TPSA) is 66.8 Å². The lowest BCUT2D eigenvalue weighted by Gasteiger charge is -2.24. The maximum atomic E-state index is 11.5. The zero-order valence-corrected chi connectivity index (χ0v) is 8.96. The third-order valence-corrected chi connectivity index (χ3v) is 3.36. The number of rotatable bonds is 3. The molecule has 1 N–H and O–H groups in total. The summed E-state index contributed by atoms with van der Waals surface area (Å²) in [6, 6.07) is 0. The number of nitrogens with zero attached hydrogens (tertiary/aromatic N) is 1. The molecule has 0 bridgehead atoms. The monoisotopic (exact) mass is 225 g/mol. The number of carbonyl (C=O) groups is 2. The maximum Gasteiger partial charge on any atom is 0.410 e. The van der Waals surface area contributed by atoms with Crippen molar-refractivity contribution in [3.05, 3.63) is 12.7 Å². The Kier molecular flexibility index (Phi) is 2.85. The molecular formula is C11H15NO4. The lowest BCUT2D eigenvalue weighted by Crippen LogP contribution is -2.37. The molecule has 3 atom stereocenters. The van der Waals surface area contributed by atoms with Crippen molar-refractivity contribution >= 4 is 12.1 Å². The van der Waals surface area contributed by atoms with E-state index in [2.05, 4.69) is 6.58 Å². The Morgan fingerprint density at radius 3 is 2.88 bits per heavy atom. The Labute approximate surface area is 93.7 Å². The van der Waals surface area contributed by atoms with Crippen molar-refractivity contribution in [3.63, 3.8) is 0 Å². The van der Waals surface area contributed by atoms with E-state index in [-0.39, 0.29) is 30.5 Å². The number of carbonyl (C=O) groups excluding carboxylic acids is 1. The average Bonchev–Trinajstić information content (AvgIpc) is 2.98. The van der Waals surface area contributed by atoms with E-state index in [1.807, 2.05) is 0 Å². The summed E-state index contributed by atoms with van der Waals surface area (Å²) in [6.07, 6.45) is 1.92. The van der Waals surface area contributed by atoms with Gasteiger partial charge in [0.2, 0.25) is 0 Å². The van der Waals surface area contributed by atoms with Crippen LogP contribution in [0.4, 0.5) is 4.79 Å². The van der Waals surface area contributed by atoms with Crippen molar-refractivity contribution in [2.24, 2.45) is 17.8 Å². The lowest BCUT2D eigenvalue weighted by molar-refractivity contribution is -0.139. The first-order valence-electron chi connectivity index (χ1n) is 5.40. The lowest BCUT2D eigenvalue weighted by atomic mass is 10.1. The second-order valence-corrected chi connectivity index (χ2v) is 4.29. The van der Waals surface area contributed by atoms with E-state index in [0.717, 1.165) is 6.42 Å². The van der Waals surface area contributed by atoms with Gasteiger partial charge in [0, 0.05) is 13.1 Å². The van der Waals surface area contributed by atoms with Crippen LogP contribution < -0.4 is 0 Å². The molecule has 88 valence electrons. The average molecular weight is 225 g/mol. The van der Waals surface area contributed by atoms with Gasteiger partial charge < -0.3 is 14.7 Å². The molecule has 0 radical (unpaired) electrons. The number of hydrogen-bond donors (Lipinski definition) is 1. The normalized spacial score (nSPS) is 31.5. The number of fused-ring (bicyclic) bond motifs is 1. The standard InChI is InChI=1S/C11H15NO4/c1-2-5-16-11(15)12-4-3-7-8(6-12)9(7)10(13)14/h2,7-9H,1,3-6H2,(H,13,14)/t7-,8+,9?/m1/s1. The molecule has 5 nitrogen and oxygen atoms in total. The van der Waals surface area contributed by atoms with Crippen LogP contribution >= 0.6 is 0 Å². The van der Waals surface area contributed by atoms with Crippen LogP contribution in [0.5, 0.6) is 0 Å². The number of likely N-dealkylation sites (tertiary alicyclic amines) is 1. The molecule has 2 rings (SSSR count). The van der Waals surface area contributed by atoms with Gasteiger partial charge in [0.1, 0.15) is 6.61 Å². The number of piperidine rings is 1. The third-order valence-electron chi connectivity index (χ3n) is 3.36. The number of ether oxygens (including phenoxy) is 1. The van der Waals surface area contributed by atoms with Gasteiger partial charge in [-0.15, -0.1) is 0 Å². The minimum atomic E-state index is -0.740. The quantitative estimate of drug-likeness (QED) is 0.726. The molecule has 2 fully saturated rings. The summed E-state index contributed by atoms with van der Waals surface area (Å²) in [7, 11) is 0. The van der Waals surface area contributed by atoms with Gasteiger partial charge in [-0.1, -0.05) is 12.7 Å². The van der Waals surface area contributed by atoms with E-state index in [0.29, 0.717) is 13.1 Å². The van der Waals surface area contributed by atoms with Crippen LogP contribution in [-0.4, -0.2) is 41.8 Å². The molecule has 1 aliphatic heterocycles. The number of amides is 1. The molecule has 0 aromatic heterocycles. The molecule has 0 aromatic rings. The van der Waals surface area contributed by atoms with E-state index >= 15 is 0 Å². The minimum absolute atomic E-state index is 0.127. The molecule has 1 saturated carbocycles. The predicted molar refractivity (Wildman–Crippen MR) is 55.8 cm³/mol. The van der Waals surface area contributed by atoms with E-state index in [9.17, 15) is 9.59 Å². The Morgan fingerprint density at radius 1 is 1.50 bits per heavy atom. The van der Waals surface area contributed by atoms with E-state index in [4.69, 9.17) is 9.84 Å². The highest BCUT2D eigenvalue weighted by atomic mass is 16.6. The molecule has 16 heavy (non-hydrogen) atoms. The summed E-state index contributed by atoms with van der Waals surface area (Å²) in [5.41, 5.74) is 0. The molecule has 1 unspecified atom stereocenters. The summed E-state index contributed by atoms with van der Waals surface area (Å²) in [5, 5.41) is 8.90. The van der Waals surface area contributed by atoms with Crippen LogP contribution in [0, 0.1) is 17.8 Å². The van der Waals surface area contributed by atoms with Crippen molar-refractivity contribution < 1.29 is 19.4 Å². The van der Waals surface area contributed by atoms with Gasteiger partial charge in [-0.25, -0.2) is 4.79 Å². The highest BCUT2D eigenvalue weighted by Gasteiger charge is 2.57. The van der Waals surface area contributed by atoms with Crippen molar-refractivity contribution in [1.82, 2.24) is 4.90 Å². The molecule has 1 amide bonds. The van der Waals surface area contributed by atoms with Gasteiger partial charge in [0.25, 0.3) is 0 Å². The first-order chi connectivity index (χ1) is 7.65. The molecule has 2 aliphatic rings. The molecule has 1 aliphatic carbocycles. The number of carboxylic acids is 1. The van der Waals surface area contributed by atoms with Gasteiger partial charge in [0.05, 0.1) is 5.92 Å². The first-order valence-corrected chi connectivity index (χ1v) is 5.40. The van der Waals surface area contributed by atoms with E-state index < -0.39 is 5.97 Å². The van der Waals surface area contributed by atoms with Crippen molar-refractivity contribution in [1.29, 1.82) is 0 Å². The van der Waals surface area contributed by atoms with Crippen LogP contribution in [-0.2, 0) is 9.53 Å². The molecule has 0 spiro atoms. The summed E-state index contributed by atoms with van der Waals surface area (Å²) >= 11 is 0. The highest BCUT2D eigenvalue weighted by molar-refractivity contribution is 5.75. The number of carboxylic acid groups (broad SMARTS) is 1. The van der Waals surface area contributed by atoms with Gasteiger partial charge >= 0.3 is 12.1 Å². The van der Waals surface area contributed by atoms with Crippen LogP contribution in [0.2, 0.25) is 0 Å². The Bertz CT molecular complexity index is 328. The number of aliphatic carboxylic acids is 1. The molecule has 1 saturated heterocycles. The predicted octanol–water partition coefficient (Wildman–Crippen LogP) is 0.962. The molecule has 1 heterocycles. The first kappa shape index (κ1) is 11.0. The van der Waals surface area contributed by atoms with Crippen molar-refractivity contribution in [2.75, 3.05) is 19.7 Å². The van der Waals surface area contributed by atoms with Crippen LogP contribution in [0.15, 0.2) is 12.7 Å².